The highest BCUT2D eigenvalue weighted by molar-refractivity contribution is 5.96. The molecule has 0 saturated heterocycles. The molecule has 0 spiro atoms. The second-order valence-corrected chi connectivity index (χ2v) is 5.17. The number of pyridine rings is 1. The van der Waals surface area contributed by atoms with Crippen molar-refractivity contribution in [2.45, 2.75) is 26.2 Å². The molecule has 1 fully saturated rings. The molecule has 19 heavy (non-hydrogen) atoms. The van der Waals surface area contributed by atoms with Gasteiger partial charge in [-0.3, -0.25) is 4.79 Å². The van der Waals surface area contributed by atoms with E-state index in [-0.39, 0.29) is 0 Å². The van der Waals surface area contributed by atoms with Gasteiger partial charge in [0.2, 0.25) is 5.88 Å². The number of hydrogen-bond donors (Lipinski definition) is 2. The van der Waals surface area contributed by atoms with Crippen LogP contribution in [0.5, 0.6) is 5.88 Å². The van der Waals surface area contributed by atoms with Crippen molar-refractivity contribution in [3.8, 4) is 5.88 Å². The van der Waals surface area contributed by atoms with Crippen LogP contribution in [0.1, 0.15) is 35.2 Å². The summed E-state index contributed by atoms with van der Waals surface area (Å²) in [6.07, 6.45) is 5.11. The first kappa shape index (κ1) is 13.8. The summed E-state index contributed by atoms with van der Waals surface area (Å²) in [5, 5.41) is 0. The zero-order valence-corrected chi connectivity index (χ0v) is 11.3. The van der Waals surface area contributed by atoms with E-state index in [1.54, 1.807) is 12.3 Å². The second-order valence-electron chi connectivity index (χ2n) is 5.17. The SMILES string of the molecule is Cc1ccnc(OCC2CCCC2CN)c1C(N)=O. The van der Waals surface area contributed by atoms with Crippen LogP contribution in [0.15, 0.2) is 12.3 Å². The molecule has 1 aliphatic rings. The molecule has 2 rings (SSSR count). The summed E-state index contributed by atoms with van der Waals surface area (Å²) in [7, 11) is 0. The first-order valence-corrected chi connectivity index (χ1v) is 6.71. The van der Waals surface area contributed by atoms with E-state index in [1.807, 2.05) is 6.92 Å². The molecule has 4 N–H and O–H groups in total. The fourth-order valence-corrected chi connectivity index (χ4v) is 2.77. The van der Waals surface area contributed by atoms with E-state index >= 15 is 0 Å². The molecular formula is C14H21N3O2. The van der Waals surface area contributed by atoms with Crippen LogP contribution in [-0.2, 0) is 0 Å². The number of aromatic nitrogens is 1. The van der Waals surface area contributed by atoms with Gasteiger partial charge in [-0.15, -0.1) is 0 Å². The van der Waals surface area contributed by atoms with Crippen LogP contribution in [0, 0.1) is 18.8 Å². The molecule has 1 aliphatic carbocycles. The van der Waals surface area contributed by atoms with E-state index in [0.29, 0.717) is 36.4 Å². The zero-order chi connectivity index (χ0) is 13.8. The van der Waals surface area contributed by atoms with Gasteiger partial charge in [0.25, 0.3) is 5.91 Å². The predicted octanol–water partition coefficient (Wildman–Crippen LogP) is 1.24. The lowest BCUT2D eigenvalue weighted by Gasteiger charge is -2.19. The van der Waals surface area contributed by atoms with Gasteiger partial charge in [-0.25, -0.2) is 4.98 Å². The molecule has 2 unspecified atom stereocenters. The molecule has 1 aromatic rings. The van der Waals surface area contributed by atoms with Gasteiger partial charge in [-0.2, -0.15) is 0 Å². The van der Waals surface area contributed by atoms with Crippen LogP contribution in [0.4, 0.5) is 0 Å². The Labute approximate surface area is 113 Å². The molecule has 0 aliphatic heterocycles. The molecule has 0 radical (unpaired) electrons. The van der Waals surface area contributed by atoms with Crippen LogP contribution in [0.25, 0.3) is 0 Å². The van der Waals surface area contributed by atoms with E-state index in [0.717, 1.165) is 18.4 Å². The Balaban J connectivity index is 2.07. The number of hydrogen-bond acceptors (Lipinski definition) is 4. The van der Waals surface area contributed by atoms with Gasteiger partial charge in [-0.05, 0) is 49.8 Å². The van der Waals surface area contributed by atoms with Crippen molar-refractivity contribution >= 4 is 5.91 Å². The largest absolute Gasteiger partial charge is 0.477 e. The van der Waals surface area contributed by atoms with Crippen molar-refractivity contribution in [2.24, 2.45) is 23.3 Å². The highest BCUT2D eigenvalue weighted by Crippen LogP contribution is 2.31. The van der Waals surface area contributed by atoms with Crippen LogP contribution < -0.4 is 16.2 Å². The second kappa shape index (κ2) is 6.02. The Kier molecular flexibility index (Phi) is 4.37. The van der Waals surface area contributed by atoms with Gasteiger partial charge < -0.3 is 16.2 Å². The van der Waals surface area contributed by atoms with Gasteiger partial charge in [0.15, 0.2) is 0 Å². The van der Waals surface area contributed by atoms with Crippen molar-refractivity contribution in [3.63, 3.8) is 0 Å². The number of ether oxygens (including phenoxy) is 1. The standard InChI is InChI=1S/C14H21N3O2/c1-9-5-6-17-14(12(9)13(16)18)19-8-11-4-2-3-10(11)7-15/h5-6,10-11H,2-4,7-8,15H2,1H3,(H2,16,18). The van der Waals surface area contributed by atoms with Gasteiger partial charge in [0.1, 0.15) is 5.56 Å². The predicted molar refractivity (Wildman–Crippen MR) is 72.9 cm³/mol. The summed E-state index contributed by atoms with van der Waals surface area (Å²) in [6.45, 7) is 3.07. The maximum Gasteiger partial charge on any atom is 0.254 e. The van der Waals surface area contributed by atoms with Gasteiger partial charge in [0.05, 0.1) is 6.61 Å². The van der Waals surface area contributed by atoms with E-state index in [2.05, 4.69) is 4.98 Å². The molecule has 1 aromatic heterocycles. The summed E-state index contributed by atoms with van der Waals surface area (Å²) in [5.41, 5.74) is 12.3. The molecule has 5 nitrogen and oxygen atoms in total. The Morgan fingerprint density at radius 1 is 1.47 bits per heavy atom. The van der Waals surface area contributed by atoms with Crippen molar-refractivity contribution < 1.29 is 9.53 Å². The highest BCUT2D eigenvalue weighted by Gasteiger charge is 2.27. The Bertz CT molecular complexity index is 462. The van der Waals surface area contributed by atoms with Crippen LogP contribution in [-0.4, -0.2) is 24.0 Å². The summed E-state index contributed by atoms with van der Waals surface area (Å²) < 4.78 is 5.73. The lowest BCUT2D eigenvalue weighted by Crippen LogP contribution is -2.24. The third-order valence-electron chi connectivity index (χ3n) is 3.92. The number of amides is 1. The van der Waals surface area contributed by atoms with E-state index in [4.69, 9.17) is 16.2 Å². The number of rotatable bonds is 5. The third-order valence-corrected chi connectivity index (χ3v) is 3.92. The van der Waals surface area contributed by atoms with Crippen molar-refractivity contribution in [2.75, 3.05) is 13.2 Å². The zero-order valence-electron chi connectivity index (χ0n) is 11.3. The van der Waals surface area contributed by atoms with Gasteiger partial charge >= 0.3 is 0 Å². The number of primary amides is 1. The van der Waals surface area contributed by atoms with Crippen molar-refractivity contribution in [1.29, 1.82) is 0 Å². The smallest absolute Gasteiger partial charge is 0.254 e. The minimum Gasteiger partial charge on any atom is -0.477 e. The summed E-state index contributed by atoms with van der Waals surface area (Å²) in [5.74, 6) is 0.812. The van der Waals surface area contributed by atoms with Crippen molar-refractivity contribution in [3.05, 3.63) is 23.4 Å². The Hall–Kier alpha value is -1.62. The van der Waals surface area contributed by atoms with E-state index in [9.17, 15) is 4.79 Å². The van der Waals surface area contributed by atoms with Crippen LogP contribution in [0.2, 0.25) is 0 Å². The number of carbonyl (C=O) groups is 1. The summed E-state index contributed by atoms with van der Waals surface area (Å²) in [6, 6.07) is 1.76. The lowest BCUT2D eigenvalue weighted by atomic mass is 9.97. The highest BCUT2D eigenvalue weighted by atomic mass is 16.5. The number of aryl methyl sites for hydroxylation is 1. The molecule has 0 bridgehead atoms. The lowest BCUT2D eigenvalue weighted by molar-refractivity contribution is 0.0992. The fourth-order valence-electron chi connectivity index (χ4n) is 2.77. The Morgan fingerprint density at radius 2 is 2.21 bits per heavy atom. The molecule has 104 valence electrons. The topological polar surface area (TPSA) is 91.2 Å². The summed E-state index contributed by atoms with van der Waals surface area (Å²) >= 11 is 0. The van der Waals surface area contributed by atoms with Crippen LogP contribution >= 0.6 is 0 Å². The first-order chi connectivity index (χ1) is 9.13. The minimum absolute atomic E-state index is 0.343. The van der Waals surface area contributed by atoms with Gasteiger partial charge in [-0.1, -0.05) is 6.42 Å². The first-order valence-electron chi connectivity index (χ1n) is 6.71. The number of nitrogens with zero attached hydrogens (tertiary/aromatic N) is 1. The molecule has 1 saturated carbocycles. The average molecular weight is 263 g/mol. The molecule has 0 aromatic carbocycles. The number of carbonyl (C=O) groups excluding carboxylic acids is 1. The number of nitrogens with two attached hydrogens (primary N) is 2. The molecule has 2 atom stereocenters. The summed E-state index contributed by atoms with van der Waals surface area (Å²) in [4.78, 5) is 15.6. The van der Waals surface area contributed by atoms with E-state index < -0.39 is 5.91 Å². The minimum atomic E-state index is -0.498. The monoisotopic (exact) mass is 263 g/mol. The maximum absolute atomic E-state index is 11.4. The quantitative estimate of drug-likeness (QED) is 0.836. The fraction of sp³-hybridized carbons (Fsp3) is 0.571. The van der Waals surface area contributed by atoms with Crippen molar-refractivity contribution in [1.82, 2.24) is 4.98 Å². The normalized spacial score (nSPS) is 22.4. The molecule has 5 heteroatoms. The Morgan fingerprint density at radius 3 is 2.89 bits per heavy atom. The van der Waals surface area contributed by atoms with E-state index in [1.165, 1.54) is 6.42 Å². The van der Waals surface area contributed by atoms with Crippen LogP contribution in [0.3, 0.4) is 0 Å². The van der Waals surface area contributed by atoms with Gasteiger partial charge in [0, 0.05) is 6.20 Å². The molecule has 1 amide bonds. The maximum atomic E-state index is 11.4. The average Bonchev–Trinajstić information content (AvgIpc) is 2.83. The molecule has 1 heterocycles. The third kappa shape index (κ3) is 3.04. The molecular weight excluding hydrogens is 242 g/mol.